The number of aromatic nitrogens is 1. The Bertz CT molecular complexity index is 453. The summed E-state index contributed by atoms with van der Waals surface area (Å²) in [6, 6.07) is 2.79. The second-order valence-corrected chi connectivity index (χ2v) is 5.22. The van der Waals surface area contributed by atoms with E-state index in [1.807, 2.05) is 0 Å². The molecule has 0 aromatic carbocycles. The molecule has 18 heavy (non-hydrogen) atoms. The second-order valence-electron chi connectivity index (χ2n) is 5.22. The minimum atomic E-state index is -0.432. The molecule has 2 heterocycles. The van der Waals surface area contributed by atoms with Gasteiger partial charge in [0.1, 0.15) is 11.6 Å². The average molecular weight is 250 g/mol. The molecule has 1 fully saturated rings. The maximum atomic E-state index is 10.8. The molecule has 6 heteroatoms. The average Bonchev–Trinajstić information content (AvgIpc) is 2.26. The summed E-state index contributed by atoms with van der Waals surface area (Å²) in [5, 5.41) is 10.8. The summed E-state index contributed by atoms with van der Waals surface area (Å²) in [7, 11) is 0. The van der Waals surface area contributed by atoms with Gasteiger partial charge in [-0.25, -0.2) is 4.98 Å². The molecule has 1 aromatic rings. The smallest absolute Gasteiger partial charge is 0.276 e. The number of nitro groups is 1. The number of rotatable bonds is 2. The third kappa shape index (κ3) is 2.69. The Kier molecular flexibility index (Phi) is 3.36. The van der Waals surface area contributed by atoms with Crippen LogP contribution in [0, 0.1) is 22.0 Å². The van der Waals surface area contributed by atoms with Crippen LogP contribution >= 0.6 is 0 Å². The van der Waals surface area contributed by atoms with Crippen LogP contribution in [0.15, 0.2) is 12.1 Å². The SMILES string of the molecule is CC1CC(C)CN(c2cc([N+](=O)[O-])cc(N)n2)C1. The minimum absolute atomic E-state index is 0.00313. The van der Waals surface area contributed by atoms with Crippen molar-refractivity contribution in [3.8, 4) is 0 Å². The van der Waals surface area contributed by atoms with Crippen molar-refractivity contribution in [2.45, 2.75) is 20.3 Å². The van der Waals surface area contributed by atoms with E-state index in [1.165, 1.54) is 18.6 Å². The van der Waals surface area contributed by atoms with Crippen molar-refractivity contribution in [3.05, 3.63) is 22.2 Å². The first-order chi connectivity index (χ1) is 8.45. The molecule has 1 saturated heterocycles. The third-order valence-electron chi connectivity index (χ3n) is 3.22. The number of pyridine rings is 1. The van der Waals surface area contributed by atoms with Crippen molar-refractivity contribution in [2.75, 3.05) is 23.7 Å². The quantitative estimate of drug-likeness (QED) is 0.641. The van der Waals surface area contributed by atoms with Crippen molar-refractivity contribution in [1.82, 2.24) is 4.98 Å². The van der Waals surface area contributed by atoms with E-state index in [0.717, 1.165) is 13.1 Å². The summed E-state index contributed by atoms with van der Waals surface area (Å²) in [4.78, 5) is 16.7. The highest BCUT2D eigenvalue weighted by Crippen LogP contribution is 2.28. The standard InChI is InChI=1S/C12H18N4O2/c1-8-3-9(2)7-15(6-8)12-5-10(16(17)18)4-11(13)14-12/h4-5,8-9H,3,6-7H2,1-2H3,(H2,13,14). The van der Waals surface area contributed by atoms with E-state index in [0.29, 0.717) is 17.7 Å². The van der Waals surface area contributed by atoms with Crippen LogP contribution in [0.25, 0.3) is 0 Å². The Morgan fingerprint density at radius 1 is 1.39 bits per heavy atom. The van der Waals surface area contributed by atoms with Crippen molar-refractivity contribution in [3.63, 3.8) is 0 Å². The summed E-state index contributed by atoms with van der Waals surface area (Å²) in [5.74, 6) is 1.94. The molecule has 0 saturated carbocycles. The van der Waals surface area contributed by atoms with E-state index in [1.54, 1.807) is 0 Å². The van der Waals surface area contributed by atoms with Gasteiger partial charge in [-0.2, -0.15) is 0 Å². The summed E-state index contributed by atoms with van der Waals surface area (Å²) in [6.07, 6.45) is 1.18. The Morgan fingerprint density at radius 2 is 2.00 bits per heavy atom. The normalized spacial score (nSPS) is 24.0. The van der Waals surface area contributed by atoms with Crippen molar-refractivity contribution in [2.24, 2.45) is 11.8 Å². The summed E-state index contributed by atoms with van der Waals surface area (Å²) < 4.78 is 0. The minimum Gasteiger partial charge on any atom is -0.383 e. The maximum absolute atomic E-state index is 10.8. The molecule has 0 radical (unpaired) electrons. The molecule has 2 N–H and O–H groups in total. The fraction of sp³-hybridized carbons (Fsp3) is 0.583. The lowest BCUT2D eigenvalue weighted by atomic mass is 9.92. The first kappa shape index (κ1) is 12.6. The van der Waals surface area contributed by atoms with Gasteiger partial charge >= 0.3 is 0 Å². The number of piperidine rings is 1. The highest BCUT2D eigenvalue weighted by atomic mass is 16.6. The Balaban J connectivity index is 2.29. The lowest BCUT2D eigenvalue weighted by molar-refractivity contribution is -0.384. The molecule has 2 atom stereocenters. The first-order valence-electron chi connectivity index (χ1n) is 6.12. The Labute approximate surface area is 106 Å². The van der Waals surface area contributed by atoms with Crippen LogP contribution in [0.4, 0.5) is 17.3 Å². The van der Waals surface area contributed by atoms with Gasteiger partial charge < -0.3 is 10.6 Å². The molecule has 2 unspecified atom stereocenters. The van der Waals surface area contributed by atoms with Crippen LogP contribution in [-0.2, 0) is 0 Å². The van der Waals surface area contributed by atoms with Crippen LogP contribution in [0.5, 0.6) is 0 Å². The fourth-order valence-electron chi connectivity index (χ4n) is 2.64. The topological polar surface area (TPSA) is 85.3 Å². The number of anilines is 2. The van der Waals surface area contributed by atoms with E-state index in [2.05, 4.69) is 23.7 Å². The summed E-state index contributed by atoms with van der Waals surface area (Å²) in [5.41, 5.74) is 5.63. The molecule has 0 bridgehead atoms. The van der Waals surface area contributed by atoms with Crippen molar-refractivity contribution in [1.29, 1.82) is 0 Å². The van der Waals surface area contributed by atoms with E-state index < -0.39 is 4.92 Å². The lowest BCUT2D eigenvalue weighted by Crippen LogP contribution is -2.39. The largest absolute Gasteiger partial charge is 0.383 e. The molecule has 2 rings (SSSR count). The number of nitrogens with zero attached hydrogens (tertiary/aromatic N) is 3. The molecule has 0 amide bonds. The van der Waals surface area contributed by atoms with Gasteiger partial charge in [0.2, 0.25) is 0 Å². The van der Waals surface area contributed by atoms with Crippen LogP contribution in [-0.4, -0.2) is 23.0 Å². The van der Waals surface area contributed by atoms with Gasteiger partial charge in [0.15, 0.2) is 0 Å². The van der Waals surface area contributed by atoms with Crippen LogP contribution in [0.1, 0.15) is 20.3 Å². The van der Waals surface area contributed by atoms with E-state index in [9.17, 15) is 10.1 Å². The van der Waals surface area contributed by atoms with E-state index >= 15 is 0 Å². The van der Waals surface area contributed by atoms with Gasteiger partial charge in [-0.1, -0.05) is 13.8 Å². The van der Waals surface area contributed by atoms with Gasteiger partial charge in [-0.15, -0.1) is 0 Å². The number of nitrogen functional groups attached to an aromatic ring is 1. The molecule has 0 aliphatic carbocycles. The second kappa shape index (κ2) is 4.80. The highest BCUT2D eigenvalue weighted by molar-refractivity contribution is 5.54. The van der Waals surface area contributed by atoms with Gasteiger partial charge in [0.05, 0.1) is 17.1 Å². The van der Waals surface area contributed by atoms with Crippen molar-refractivity contribution >= 4 is 17.3 Å². The number of hydrogen-bond acceptors (Lipinski definition) is 5. The number of hydrogen-bond donors (Lipinski definition) is 1. The summed E-state index contributed by atoms with van der Waals surface area (Å²) in [6.45, 7) is 6.11. The van der Waals surface area contributed by atoms with Crippen LogP contribution < -0.4 is 10.6 Å². The lowest BCUT2D eigenvalue weighted by Gasteiger charge is -2.35. The van der Waals surface area contributed by atoms with Crippen molar-refractivity contribution < 1.29 is 4.92 Å². The van der Waals surface area contributed by atoms with E-state index in [4.69, 9.17) is 5.73 Å². The van der Waals surface area contributed by atoms with Gasteiger partial charge in [0, 0.05) is 13.1 Å². The molecule has 1 aliphatic rings. The first-order valence-corrected chi connectivity index (χ1v) is 6.12. The zero-order valence-corrected chi connectivity index (χ0v) is 10.7. The Morgan fingerprint density at radius 3 is 2.56 bits per heavy atom. The highest BCUT2D eigenvalue weighted by Gasteiger charge is 2.24. The zero-order valence-electron chi connectivity index (χ0n) is 10.7. The molecule has 1 aliphatic heterocycles. The van der Waals surface area contributed by atoms with Gasteiger partial charge in [-0.3, -0.25) is 10.1 Å². The molecule has 6 nitrogen and oxygen atoms in total. The van der Waals surface area contributed by atoms with Gasteiger partial charge in [-0.05, 0) is 18.3 Å². The molecular formula is C12H18N4O2. The molecule has 98 valence electrons. The van der Waals surface area contributed by atoms with E-state index in [-0.39, 0.29) is 11.5 Å². The van der Waals surface area contributed by atoms with Crippen LogP contribution in [0.3, 0.4) is 0 Å². The molecular weight excluding hydrogens is 232 g/mol. The summed E-state index contributed by atoms with van der Waals surface area (Å²) >= 11 is 0. The van der Waals surface area contributed by atoms with Crippen LogP contribution in [0.2, 0.25) is 0 Å². The predicted octanol–water partition coefficient (Wildman–Crippen LogP) is 2.05. The maximum Gasteiger partial charge on any atom is 0.276 e. The Hall–Kier alpha value is -1.85. The molecule has 0 spiro atoms. The molecule has 1 aromatic heterocycles. The third-order valence-corrected chi connectivity index (χ3v) is 3.22. The fourth-order valence-corrected chi connectivity index (χ4v) is 2.64. The number of nitrogens with two attached hydrogens (primary N) is 1. The predicted molar refractivity (Wildman–Crippen MR) is 70.5 cm³/mol. The zero-order chi connectivity index (χ0) is 13.3. The monoisotopic (exact) mass is 250 g/mol. The van der Waals surface area contributed by atoms with Gasteiger partial charge in [0.25, 0.3) is 5.69 Å².